The van der Waals surface area contributed by atoms with Gasteiger partial charge < -0.3 is 9.47 Å². The monoisotopic (exact) mass is 310 g/mol. The summed E-state index contributed by atoms with van der Waals surface area (Å²) in [6.07, 6.45) is -0.390. The molecule has 0 fully saturated rings. The molecule has 0 aliphatic carbocycles. The highest BCUT2D eigenvalue weighted by Crippen LogP contribution is 2.26. The zero-order chi connectivity index (χ0) is 15.2. The molecule has 2 aromatic carbocycles. The SMILES string of the molecule is COC(OC)c1ccc(SCc2ccc(F)cc2F)cc1. The van der Waals surface area contributed by atoms with Crippen molar-refractivity contribution >= 4 is 11.8 Å². The molecule has 2 nitrogen and oxygen atoms in total. The van der Waals surface area contributed by atoms with Crippen LogP contribution in [0.1, 0.15) is 17.4 Å². The van der Waals surface area contributed by atoms with Crippen molar-refractivity contribution in [2.24, 2.45) is 0 Å². The Labute approximate surface area is 127 Å². The normalized spacial score (nSPS) is 11.1. The van der Waals surface area contributed by atoms with E-state index >= 15 is 0 Å². The third kappa shape index (κ3) is 4.27. The van der Waals surface area contributed by atoms with Crippen molar-refractivity contribution in [3.05, 3.63) is 65.2 Å². The molecule has 21 heavy (non-hydrogen) atoms. The zero-order valence-electron chi connectivity index (χ0n) is 11.8. The summed E-state index contributed by atoms with van der Waals surface area (Å²) >= 11 is 1.49. The largest absolute Gasteiger partial charge is 0.352 e. The molecule has 0 aliphatic rings. The standard InChI is InChI=1S/C16H16F2O2S/c1-19-16(20-2)11-4-7-14(8-5-11)21-10-12-3-6-13(17)9-15(12)18/h3-9,16H,10H2,1-2H3. The van der Waals surface area contributed by atoms with Gasteiger partial charge in [-0.1, -0.05) is 18.2 Å². The maximum atomic E-state index is 13.5. The molecular formula is C16H16F2O2S. The minimum absolute atomic E-state index is 0.390. The molecule has 0 unspecified atom stereocenters. The van der Waals surface area contributed by atoms with Gasteiger partial charge in [0, 0.05) is 36.5 Å². The first kappa shape index (κ1) is 15.9. The van der Waals surface area contributed by atoms with Gasteiger partial charge in [-0.25, -0.2) is 8.78 Å². The van der Waals surface area contributed by atoms with Crippen molar-refractivity contribution in [3.8, 4) is 0 Å². The van der Waals surface area contributed by atoms with Crippen molar-refractivity contribution in [1.29, 1.82) is 0 Å². The molecule has 5 heteroatoms. The second kappa shape index (κ2) is 7.54. The fourth-order valence-corrected chi connectivity index (χ4v) is 2.77. The summed E-state index contributed by atoms with van der Waals surface area (Å²) < 4.78 is 36.7. The summed E-state index contributed by atoms with van der Waals surface area (Å²) in [5.41, 5.74) is 1.40. The first-order valence-electron chi connectivity index (χ1n) is 6.36. The summed E-state index contributed by atoms with van der Waals surface area (Å²) in [5, 5.41) is 0. The first-order chi connectivity index (χ1) is 10.1. The van der Waals surface area contributed by atoms with E-state index in [0.717, 1.165) is 16.5 Å². The molecule has 0 atom stereocenters. The molecule has 0 spiro atoms. The summed E-state index contributed by atoms with van der Waals surface area (Å²) in [6.45, 7) is 0. The Balaban J connectivity index is 2.00. The van der Waals surface area contributed by atoms with Crippen LogP contribution in [0.2, 0.25) is 0 Å². The van der Waals surface area contributed by atoms with Crippen molar-refractivity contribution in [2.75, 3.05) is 14.2 Å². The highest BCUT2D eigenvalue weighted by atomic mass is 32.2. The van der Waals surface area contributed by atoms with Crippen molar-refractivity contribution in [2.45, 2.75) is 16.9 Å². The van der Waals surface area contributed by atoms with Gasteiger partial charge in [-0.3, -0.25) is 0 Å². The van der Waals surface area contributed by atoms with Crippen molar-refractivity contribution in [1.82, 2.24) is 0 Å². The van der Waals surface area contributed by atoms with E-state index in [1.807, 2.05) is 24.3 Å². The summed E-state index contributed by atoms with van der Waals surface area (Å²) in [4.78, 5) is 0.994. The Morgan fingerprint density at radius 2 is 1.67 bits per heavy atom. The maximum Gasteiger partial charge on any atom is 0.183 e. The Bertz CT molecular complexity index is 583. The van der Waals surface area contributed by atoms with Crippen LogP contribution in [0.3, 0.4) is 0 Å². The average molecular weight is 310 g/mol. The van der Waals surface area contributed by atoms with E-state index in [4.69, 9.17) is 9.47 Å². The Hall–Kier alpha value is -1.43. The Kier molecular flexibility index (Phi) is 5.73. The van der Waals surface area contributed by atoms with E-state index in [0.29, 0.717) is 11.3 Å². The van der Waals surface area contributed by atoms with E-state index in [-0.39, 0.29) is 0 Å². The molecule has 2 rings (SSSR count). The fraction of sp³-hybridized carbons (Fsp3) is 0.250. The first-order valence-corrected chi connectivity index (χ1v) is 7.35. The van der Waals surface area contributed by atoms with Gasteiger partial charge in [0.15, 0.2) is 6.29 Å². The summed E-state index contributed by atoms with van der Waals surface area (Å²) in [6, 6.07) is 11.3. The third-order valence-electron chi connectivity index (χ3n) is 2.99. The molecular weight excluding hydrogens is 294 g/mol. The number of rotatable bonds is 6. The van der Waals surface area contributed by atoms with Gasteiger partial charge in [0.1, 0.15) is 11.6 Å². The van der Waals surface area contributed by atoms with Crippen LogP contribution in [0.15, 0.2) is 47.4 Å². The number of halogens is 2. The Morgan fingerprint density at radius 1 is 1.00 bits per heavy atom. The molecule has 2 aromatic rings. The van der Waals surface area contributed by atoms with E-state index in [2.05, 4.69) is 0 Å². The number of thioether (sulfide) groups is 1. The minimum atomic E-state index is -0.559. The van der Waals surface area contributed by atoms with Gasteiger partial charge in [0.25, 0.3) is 0 Å². The molecule has 0 aliphatic heterocycles. The van der Waals surface area contributed by atoms with Gasteiger partial charge in [-0.2, -0.15) is 0 Å². The van der Waals surface area contributed by atoms with E-state index in [9.17, 15) is 8.78 Å². The number of hydrogen-bond donors (Lipinski definition) is 0. The second-order valence-corrected chi connectivity index (χ2v) is 5.45. The zero-order valence-corrected chi connectivity index (χ0v) is 12.6. The Morgan fingerprint density at radius 3 is 2.24 bits per heavy atom. The number of hydrogen-bond acceptors (Lipinski definition) is 3. The predicted octanol–water partition coefficient (Wildman–Crippen LogP) is 4.55. The van der Waals surface area contributed by atoms with Crippen LogP contribution in [-0.4, -0.2) is 14.2 Å². The molecule has 0 amide bonds. The second-order valence-electron chi connectivity index (χ2n) is 4.40. The highest BCUT2D eigenvalue weighted by Gasteiger charge is 2.09. The van der Waals surface area contributed by atoms with Crippen LogP contribution in [0, 0.1) is 11.6 Å². The van der Waals surface area contributed by atoms with Crippen molar-refractivity contribution in [3.63, 3.8) is 0 Å². The molecule has 0 radical (unpaired) electrons. The molecule has 0 bridgehead atoms. The average Bonchev–Trinajstić information content (AvgIpc) is 2.49. The minimum Gasteiger partial charge on any atom is -0.352 e. The van der Waals surface area contributed by atoms with Gasteiger partial charge >= 0.3 is 0 Å². The van der Waals surface area contributed by atoms with Crippen LogP contribution >= 0.6 is 11.8 Å². The van der Waals surface area contributed by atoms with E-state index in [1.54, 1.807) is 14.2 Å². The van der Waals surface area contributed by atoms with E-state index < -0.39 is 17.9 Å². The lowest BCUT2D eigenvalue weighted by atomic mass is 10.2. The van der Waals surface area contributed by atoms with Gasteiger partial charge in [0.05, 0.1) is 0 Å². The fourth-order valence-electron chi connectivity index (χ4n) is 1.89. The number of ether oxygens (including phenoxy) is 2. The molecule has 0 saturated carbocycles. The molecule has 0 saturated heterocycles. The number of methoxy groups -OCH3 is 2. The third-order valence-corrected chi connectivity index (χ3v) is 4.05. The topological polar surface area (TPSA) is 18.5 Å². The van der Waals surface area contributed by atoms with E-state index in [1.165, 1.54) is 23.9 Å². The van der Waals surface area contributed by atoms with Crippen molar-refractivity contribution < 1.29 is 18.3 Å². The van der Waals surface area contributed by atoms with Gasteiger partial charge in [-0.15, -0.1) is 11.8 Å². The molecule has 112 valence electrons. The highest BCUT2D eigenvalue weighted by molar-refractivity contribution is 7.98. The lowest BCUT2D eigenvalue weighted by Crippen LogP contribution is -2.02. The maximum absolute atomic E-state index is 13.5. The van der Waals surface area contributed by atoms with Crippen LogP contribution in [0.5, 0.6) is 0 Å². The number of benzene rings is 2. The summed E-state index contributed by atoms with van der Waals surface area (Å²) in [5.74, 6) is -0.627. The van der Waals surface area contributed by atoms with Crippen LogP contribution < -0.4 is 0 Å². The molecule has 0 aromatic heterocycles. The molecule has 0 N–H and O–H groups in total. The summed E-state index contributed by atoms with van der Waals surface area (Å²) in [7, 11) is 3.16. The van der Waals surface area contributed by atoms with Crippen LogP contribution in [0.4, 0.5) is 8.78 Å². The quantitative estimate of drug-likeness (QED) is 0.576. The molecule has 0 heterocycles. The van der Waals surface area contributed by atoms with Gasteiger partial charge in [0.2, 0.25) is 0 Å². The smallest absolute Gasteiger partial charge is 0.183 e. The van der Waals surface area contributed by atoms with Crippen LogP contribution in [0.25, 0.3) is 0 Å². The predicted molar refractivity (Wildman–Crippen MR) is 79.1 cm³/mol. The lowest BCUT2D eigenvalue weighted by Gasteiger charge is -2.13. The van der Waals surface area contributed by atoms with Gasteiger partial charge in [-0.05, 0) is 23.8 Å². The van der Waals surface area contributed by atoms with Crippen LogP contribution in [-0.2, 0) is 15.2 Å². The lowest BCUT2D eigenvalue weighted by molar-refractivity contribution is -0.106.